The van der Waals surface area contributed by atoms with Crippen LogP contribution in [0.4, 0.5) is 0 Å². The van der Waals surface area contributed by atoms with E-state index in [1.54, 1.807) is 0 Å². The molecule has 0 amide bonds. The van der Waals surface area contributed by atoms with Crippen molar-refractivity contribution in [2.45, 2.75) is 38.0 Å². The summed E-state index contributed by atoms with van der Waals surface area (Å²) in [5.74, 6) is 4.31. The van der Waals surface area contributed by atoms with Crippen molar-refractivity contribution in [3.8, 4) is 0 Å². The van der Waals surface area contributed by atoms with E-state index in [-0.39, 0.29) is 0 Å². The van der Waals surface area contributed by atoms with Crippen LogP contribution in [0.1, 0.15) is 33.1 Å². The van der Waals surface area contributed by atoms with Crippen LogP contribution in [0.5, 0.6) is 0 Å². The van der Waals surface area contributed by atoms with Crippen LogP contribution in [0.25, 0.3) is 0 Å². The molecule has 17 heavy (non-hydrogen) atoms. The first kappa shape index (κ1) is 11.6. The molecular weight excluding hydrogens is 224 g/mol. The number of rotatable bonds is 3. The van der Waals surface area contributed by atoms with Gasteiger partial charge in [0.15, 0.2) is 0 Å². The average molecular weight is 246 g/mol. The van der Waals surface area contributed by atoms with Crippen molar-refractivity contribution < 1.29 is 0 Å². The molecule has 0 nitrogen and oxygen atoms in total. The van der Waals surface area contributed by atoms with Gasteiger partial charge in [-0.25, -0.2) is 0 Å². The van der Waals surface area contributed by atoms with Gasteiger partial charge in [-0.1, -0.05) is 32.0 Å². The van der Waals surface area contributed by atoms with Crippen molar-refractivity contribution in [1.29, 1.82) is 0 Å². The lowest BCUT2D eigenvalue weighted by molar-refractivity contribution is -0.0973. The Morgan fingerprint density at radius 1 is 1.18 bits per heavy atom. The highest BCUT2D eigenvalue weighted by Crippen LogP contribution is 2.61. The molecule has 1 aromatic rings. The quantitative estimate of drug-likeness (QED) is 0.687. The molecule has 3 aliphatic rings. The molecule has 0 radical (unpaired) electrons. The fraction of sp³-hybridized carbons (Fsp3) is 0.625. The smallest absolute Gasteiger partial charge is 0.00720 e. The maximum atomic E-state index is 2.49. The van der Waals surface area contributed by atoms with Crippen LogP contribution in [0.3, 0.4) is 0 Å². The second-order valence-electron chi connectivity index (χ2n) is 6.32. The average Bonchev–Trinajstić information content (AvgIpc) is 2.37. The van der Waals surface area contributed by atoms with E-state index in [1.165, 1.54) is 29.9 Å². The molecule has 0 heterocycles. The third kappa shape index (κ3) is 2.03. The van der Waals surface area contributed by atoms with Gasteiger partial charge in [0.25, 0.3) is 0 Å². The molecular formula is C16H22S. The van der Waals surface area contributed by atoms with Crippen molar-refractivity contribution >= 4 is 11.8 Å². The minimum atomic E-state index is 0.639. The van der Waals surface area contributed by atoms with Crippen molar-refractivity contribution in [3.63, 3.8) is 0 Å². The van der Waals surface area contributed by atoms with Gasteiger partial charge in [0.05, 0.1) is 0 Å². The molecule has 0 saturated heterocycles. The lowest BCUT2D eigenvalue weighted by atomic mass is 9.46. The van der Waals surface area contributed by atoms with Crippen LogP contribution in [0.15, 0.2) is 35.2 Å². The first-order valence-electron chi connectivity index (χ1n) is 6.86. The Balaban J connectivity index is 1.59. The molecule has 3 saturated carbocycles. The summed E-state index contributed by atoms with van der Waals surface area (Å²) in [6.45, 7) is 4.98. The second kappa shape index (κ2) is 4.35. The van der Waals surface area contributed by atoms with Gasteiger partial charge in [-0.05, 0) is 54.6 Å². The Labute approximate surface area is 109 Å². The molecule has 1 heteroatoms. The zero-order valence-electron chi connectivity index (χ0n) is 10.9. The molecule has 3 atom stereocenters. The molecule has 92 valence electrons. The van der Waals surface area contributed by atoms with Gasteiger partial charge in [0.2, 0.25) is 0 Å². The van der Waals surface area contributed by atoms with E-state index >= 15 is 0 Å². The fourth-order valence-corrected chi connectivity index (χ4v) is 5.04. The van der Waals surface area contributed by atoms with Crippen molar-refractivity contribution in [2.75, 3.05) is 5.75 Å². The highest BCUT2D eigenvalue weighted by atomic mass is 32.2. The normalized spacial score (nSPS) is 34.1. The van der Waals surface area contributed by atoms with E-state index in [0.29, 0.717) is 5.41 Å². The van der Waals surface area contributed by atoms with Crippen LogP contribution in [-0.4, -0.2) is 5.75 Å². The Hall–Kier alpha value is -0.430. The Kier molecular flexibility index (Phi) is 2.98. The van der Waals surface area contributed by atoms with E-state index in [2.05, 4.69) is 55.9 Å². The topological polar surface area (TPSA) is 0 Å². The predicted molar refractivity (Wildman–Crippen MR) is 75.3 cm³/mol. The van der Waals surface area contributed by atoms with Gasteiger partial charge in [-0.3, -0.25) is 0 Å². The molecule has 0 N–H and O–H groups in total. The molecule has 1 aromatic carbocycles. The Morgan fingerprint density at radius 3 is 2.59 bits per heavy atom. The Bertz CT molecular complexity index is 380. The molecule has 0 spiro atoms. The number of thioether (sulfide) groups is 1. The number of benzene rings is 1. The van der Waals surface area contributed by atoms with Crippen LogP contribution < -0.4 is 0 Å². The minimum Gasteiger partial charge on any atom is -0.126 e. The summed E-state index contributed by atoms with van der Waals surface area (Å²) in [6.07, 6.45) is 4.45. The van der Waals surface area contributed by atoms with Gasteiger partial charge in [-0.2, -0.15) is 0 Å². The molecule has 0 aliphatic heterocycles. The number of hydrogen-bond donors (Lipinski definition) is 0. The summed E-state index contributed by atoms with van der Waals surface area (Å²) in [5.41, 5.74) is 0.639. The highest BCUT2D eigenvalue weighted by molar-refractivity contribution is 7.99. The van der Waals surface area contributed by atoms with Crippen molar-refractivity contribution in [3.05, 3.63) is 30.3 Å². The monoisotopic (exact) mass is 246 g/mol. The first-order chi connectivity index (χ1) is 8.18. The van der Waals surface area contributed by atoms with E-state index in [1.807, 2.05) is 0 Å². The standard InChI is InChI=1S/C16H22S/c1-16(2)13-9-8-12(15(16)10-13)11-17-14-6-4-3-5-7-14/h3-7,12-13,15H,8-11H2,1-2H3. The zero-order valence-corrected chi connectivity index (χ0v) is 11.7. The maximum Gasteiger partial charge on any atom is 0.00720 e. The van der Waals surface area contributed by atoms with E-state index in [0.717, 1.165) is 17.8 Å². The van der Waals surface area contributed by atoms with Gasteiger partial charge < -0.3 is 0 Å². The fourth-order valence-electron chi connectivity index (χ4n) is 3.88. The minimum absolute atomic E-state index is 0.639. The van der Waals surface area contributed by atoms with Crippen LogP contribution in [0.2, 0.25) is 0 Å². The lowest BCUT2D eigenvalue weighted by Crippen LogP contribution is -2.52. The van der Waals surface area contributed by atoms with Gasteiger partial charge in [-0.15, -0.1) is 11.8 Å². The first-order valence-corrected chi connectivity index (χ1v) is 7.84. The summed E-state index contributed by atoms with van der Waals surface area (Å²) in [6, 6.07) is 10.9. The van der Waals surface area contributed by atoms with Gasteiger partial charge in [0.1, 0.15) is 0 Å². The predicted octanol–water partition coefficient (Wildman–Crippen LogP) is 4.85. The molecule has 3 aliphatic carbocycles. The van der Waals surface area contributed by atoms with Crippen LogP contribution >= 0.6 is 11.8 Å². The SMILES string of the molecule is CC1(C)C2CCC(CSc3ccccc3)C1C2. The number of hydrogen-bond acceptors (Lipinski definition) is 1. The van der Waals surface area contributed by atoms with Gasteiger partial charge >= 0.3 is 0 Å². The Morgan fingerprint density at radius 2 is 1.94 bits per heavy atom. The van der Waals surface area contributed by atoms with Crippen LogP contribution in [-0.2, 0) is 0 Å². The third-order valence-electron chi connectivity index (χ3n) is 5.21. The number of fused-ring (bicyclic) bond motifs is 2. The summed E-state index contributed by atoms with van der Waals surface area (Å²) in [5, 5.41) is 0. The molecule has 3 unspecified atom stereocenters. The van der Waals surface area contributed by atoms with Crippen molar-refractivity contribution in [1.82, 2.24) is 0 Å². The summed E-state index contributed by atoms with van der Waals surface area (Å²) in [7, 11) is 0. The zero-order chi connectivity index (χ0) is 11.9. The maximum absolute atomic E-state index is 2.49. The summed E-state index contributed by atoms with van der Waals surface area (Å²) >= 11 is 2.06. The molecule has 2 bridgehead atoms. The summed E-state index contributed by atoms with van der Waals surface area (Å²) in [4.78, 5) is 1.44. The lowest BCUT2D eigenvalue weighted by Gasteiger charge is -2.60. The van der Waals surface area contributed by atoms with Crippen molar-refractivity contribution in [2.24, 2.45) is 23.2 Å². The second-order valence-corrected chi connectivity index (χ2v) is 7.42. The van der Waals surface area contributed by atoms with E-state index in [4.69, 9.17) is 0 Å². The third-order valence-corrected chi connectivity index (χ3v) is 6.41. The molecule has 4 rings (SSSR count). The molecule has 3 fully saturated rings. The van der Waals surface area contributed by atoms with Gasteiger partial charge in [0, 0.05) is 10.6 Å². The van der Waals surface area contributed by atoms with Crippen LogP contribution in [0, 0.1) is 23.2 Å². The molecule has 0 aromatic heterocycles. The summed E-state index contributed by atoms with van der Waals surface area (Å²) < 4.78 is 0. The van der Waals surface area contributed by atoms with E-state index in [9.17, 15) is 0 Å². The largest absolute Gasteiger partial charge is 0.126 e. The van der Waals surface area contributed by atoms with E-state index < -0.39 is 0 Å². The highest BCUT2D eigenvalue weighted by Gasteiger charge is 2.53.